The second-order valence-electron chi connectivity index (χ2n) is 6.78. The Kier molecular flexibility index (Phi) is 5.63. The molecule has 1 aliphatic heterocycles. The first-order valence-corrected chi connectivity index (χ1v) is 10.1. The minimum atomic E-state index is -0.613. The highest BCUT2D eigenvalue weighted by atomic mass is 35.5. The largest absolute Gasteiger partial charge is 0.351 e. The molecule has 1 aliphatic rings. The number of hydrogen-bond donors (Lipinski definition) is 1. The lowest BCUT2D eigenvalue weighted by Crippen LogP contribution is -2.42. The van der Waals surface area contributed by atoms with Gasteiger partial charge in [-0.05, 0) is 24.1 Å². The van der Waals surface area contributed by atoms with Crippen LogP contribution in [-0.4, -0.2) is 21.4 Å². The number of carbonyl (C=O) groups is 1. The van der Waals surface area contributed by atoms with E-state index < -0.39 is 12.0 Å². The van der Waals surface area contributed by atoms with Crippen LogP contribution in [0.4, 0.5) is 5.82 Å². The molecule has 2 aromatic carbocycles. The highest BCUT2D eigenvalue weighted by Crippen LogP contribution is 2.43. The van der Waals surface area contributed by atoms with E-state index in [2.05, 4.69) is 15.4 Å². The van der Waals surface area contributed by atoms with Crippen LogP contribution in [0.2, 0.25) is 15.1 Å². The topological polar surface area (TPSA) is 59.3 Å². The zero-order valence-corrected chi connectivity index (χ0v) is 17.7. The number of carbonyl (C=O) groups excluding carboxylic acids is 1. The average Bonchev–Trinajstić information content (AvgIpc) is 3.08. The smallest absolute Gasteiger partial charge is 0.231 e. The molecular weight excluding hydrogens is 431 g/mol. The van der Waals surface area contributed by atoms with Crippen LogP contribution in [0.5, 0.6) is 0 Å². The lowest BCUT2D eigenvalue weighted by atomic mass is 9.87. The molecule has 0 radical (unpaired) electrons. The van der Waals surface area contributed by atoms with Crippen molar-refractivity contribution in [3.63, 3.8) is 0 Å². The zero-order valence-electron chi connectivity index (χ0n) is 15.4. The van der Waals surface area contributed by atoms with E-state index in [1.165, 1.54) is 6.20 Å². The first-order valence-electron chi connectivity index (χ1n) is 9.01. The van der Waals surface area contributed by atoms with Crippen LogP contribution < -0.4 is 5.32 Å². The van der Waals surface area contributed by atoms with Gasteiger partial charge in [-0.2, -0.15) is 5.10 Å². The predicted octanol–water partition coefficient (Wildman–Crippen LogP) is 5.47. The van der Waals surface area contributed by atoms with Crippen LogP contribution in [-0.2, 0) is 11.3 Å². The highest BCUT2D eigenvalue weighted by Gasteiger charge is 2.40. The van der Waals surface area contributed by atoms with E-state index in [0.717, 1.165) is 5.56 Å². The van der Waals surface area contributed by atoms with Crippen molar-refractivity contribution in [3.05, 3.63) is 80.9 Å². The Labute approximate surface area is 183 Å². The molecule has 1 aromatic heterocycles. The maximum Gasteiger partial charge on any atom is 0.231 e. The summed E-state index contributed by atoms with van der Waals surface area (Å²) < 4.78 is 1.64. The molecule has 148 valence electrons. The molecule has 1 amide bonds. The van der Waals surface area contributed by atoms with Gasteiger partial charge >= 0.3 is 0 Å². The minimum Gasteiger partial charge on any atom is -0.351 e. The van der Waals surface area contributed by atoms with Gasteiger partial charge in [0, 0.05) is 12.3 Å². The molecule has 0 saturated heterocycles. The maximum atomic E-state index is 13.2. The Morgan fingerprint density at radius 2 is 1.83 bits per heavy atom. The molecule has 29 heavy (non-hydrogen) atoms. The Hall–Kier alpha value is -2.34. The minimum absolute atomic E-state index is 0.173. The fourth-order valence-corrected chi connectivity index (χ4v) is 4.13. The first kappa shape index (κ1) is 20.0. The van der Waals surface area contributed by atoms with Gasteiger partial charge in [-0.15, -0.1) is 0 Å². The van der Waals surface area contributed by atoms with Crippen molar-refractivity contribution in [2.24, 2.45) is 10.9 Å². The molecule has 2 atom stereocenters. The fraction of sp³-hybridized carbons (Fsp3) is 0.190. The van der Waals surface area contributed by atoms with Gasteiger partial charge in [-0.3, -0.25) is 4.79 Å². The van der Waals surface area contributed by atoms with Gasteiger partial charge in [0.15, 0.2) is 5.82 Å². The molecule has 5 nitrogen and oxygen atoms in total. The van der Waals surface area contributed by atoms with E-state index in [1.54, 1.807) is 16.8 Å². The third-order valence-corrected chi connectivity index (χ3v) is 6.03. The van der Waals surface area contributed by atoms with Crippen LogP contribution in [0.25, 0.3) is 0 Å². The lowest BCUT2D eigenvalue weighted by molar-refractivity contribution is -0.124. The molecule has 0 aliphatic carbocycles. The van der Waals surface area contributed by atoms with Gasteiger partial charge in [0.25, 0.3) is 0 Å². The second kappa shape index (κ2) is 8.19. The first-order chi connectivity index (χ1) is 14.0. The van der Waals surface area contributed by atoms with Gasteiger partial charge in [0.05, 0.1) is 22.3 Å². The number of halogens is 3. The van der Waals surface area contributed by atoms with E-state index in [-0.39, 0.29) is 5.91 Å². The summed E-state index contributed by atoms with van der Waals surface area (Å²) in [6.45, 7) is 2.22. The number of aliphatic imine (C=N–C) groups is 1. The fourth-order valence-electron chi connectivity index (χ4n) is 3.54. The molecule has 0 fully saturated rings. The van der Waals surface area contributed by atoms with E-state index in [4.69, 9.17) is 34.8 Å². The molecule has 3 aromatic rings. The Morgan fingerprint density at radius 3 is 2.59 bits per heavy atom. The SMILES string of the molecule is CC1=Nc2c(Cl)cnn2C(c2cccc(Cl)c2Cl)C1C(=O)NCc1ccccc1. The summed E-state index contributed by atoms with van der Waals surface area (Å²) in [5.74, 6) is -0.288. The van der Waals surface area contributed by atoms with Gasteiger partial charge in [-0.1, -0.05) is 77.3 Å². The Balaban J connectivity index is 1.74. The number of rotatable bonds is 4. The van der Waals surface area contributed by atoms with E-state index >= 15 is 0 Å². The second-order valence-corrected chi connectivity index (χ2v) is 7.98. The monoisotopic (exact) mass is 446 g/mol. The molecule has 2 unspecified atom stereocenters. The number of nitrogens with zero attached hydrogens (tertiary/aromatic N) is 3. The number of amides is 1. The van der Waals surface area contributed by atoms with Gasteiger partial charge in [0.1, 0.15) is 10.9 Å². The van der Waals surface area contributed by atoms with E-state index in [1.807, 2.05) is 43.3 Å². The number of nitrogens with one attached hydrogen (secondary N) is 1. The quantitative estimate of drug-likeness (QED) is 0.576. The normalized spacial score (nSPS) is 18.1. The third-order valence-electron chi connectivity index (χ3n) is 4.93. The van der Waals surface area contributed by atoms with Crippen molar-refractivity contribution >= 4 is 52.2 Å². The summed E-state index contributed by atoms with van der Waals surface area (Å²) in [6, 6.07) is 14.5. The predicted molar refractivity (Wildman–Crippen MR) is 116 cm³/mol. The number of benzene rings is 2. The van der Waals surface area contributed by atoms with Crippen molar-refractivity contribution < 1.29 is 4.79 Å². The molecule has 0 bridgehead atoms. The zero-order chi connectivity index (χ0) is 20.5. The van der Waals surface area contributed by atoms with Gasteiger partial charge in [-0.25, -0.2) is 9.67 Å². The molecule has 0 saturated carbocycles. The third kappa shape index (κ3) is 3.78. The number of aromatic nitrogens is 2. The molecule has 1 N–H and O–H groups in total. The lowest BCUT2D eigenvalue weighted by Gasteiger charge is -2.32. The summed E-state index contributed by atoms with van der Waals surface area (Å²) in [5, 5.41) is 8.57. The standard InChI is InChI=1S/C21H17Cl3N4O/c1-12-17(21(29)25-10-13-6-3-2-4-7-13)19(14-8-5-9-15(22)18(14)24)28-20(27-12)16(23)11-26-28/h2-9,11,17,19H,10H2,1H3,(H,25,29). The van der Waals surface area contributed by atoms with Crippen LogP contribution >= 0.6 is 34.8 Å². The maximum absolute atomic E-state index is 13.2. The average molecular weight is 448 g/mol. The summed E-state index contributed by atoms with van der Waals surface area (Å²) in [5.41, 5.74) is 2.33. The number of fused-ring (bicyclic) bond motifs is 1. The van der Waals surface area contributed by atoms with Crippen LogP contribution in [0, 0.1) is 5.92 Å². The summed E-state index contributed by atoms with van der Waals surface area (Å²) in [7, 11) is 0. The van der Waals surface area contributed by atoms with Crippen LogP contribution in [0.1, 0.15) is 24.1 Å². The van der Waals surface area contributed by atoms with Gasteiger partial charge < -0.3 is 5.32 Å². The molecule has 0 spiro atoms. The Morgan fingerprint density at radius 1 is 1.07 bits per heavy atom. The molecule has 8 heteroatoms. The van der Waals surface area contributed by atoms with Crippen molar-refractivity contribution in [2.75, 3.05) is 0 Å². The highest BCUT2D eigenvalue weighted by molar-refractivity contribution is 6.42. The van der Waals surface area contributed by atoms with Crippen LogP contribution in [0.3, 0.4) is 0 Å². The summed E-state index contributed by atoms with van der Waals surface area (Å²) in [6.07, 6.45) is 1.52. The summed E-state index contributed by atoms with van der Waals surface area (Å²) >= 11 is 19.0. The van der Waals surface area contributed by atoms with Gasteiger partial charge in [0.2, 0.25) is 5.91 Å². The van der Waals surface area contributed by atoms with Crippen molar-refractivity contribution in [1.29, 1.82) is 0 Å². The van der Waals surface area contributed by atoms with Crippen molar-refractivity contribution in [1.82, 2.24) is 15.1 Å². The van der Waals surface area contributed by atoms with E-state index in [0.29, 0.717) is 38.7 Å². The molecule has 2 heterocycles. The van der Waals surface area contributed by atoms with E-state index in [9.17, 15) is 4.79 Å². The number of hydrogen-bond acceptors (Lipinski definition) is 3. The molecular formula is C21H17Cl3N4O. The van der Waals surface area contributed by atoms with Crippen molar-refractivity contribution in [2.45, 2.75) is 19.5 Å². The summed E-state index contributed by atoms with van der Waals surface area (Å²) in [4.78, 5) is 17.8. The Bertz CT molecular complexity index is 1090. The molecule has 4 rings (SSSR count). The van der Waals surface area contributed by atoms with Crippen LogP contribution in [0.15, 0.2) is 59.7 Å². The van der Waals surface area contributed by atoms with Crippen molar-refractivity contribution in [3.8, 4) is 0 Å².